The Hall–Kier alpha value is -2.55. The van der Waals surface area contributed by atoms with Crippen LogP contribution in [-0.2, 0) is 21.7 Å². The van der Waals surface area contributed by atoms with Crippen LogP contribution in [0.4, 0.5) is 14.6 Å². The van der Waals surface area contributed by atoms with Gasteiger partial charge in [-0.2, -0.15) is 5.10 Å². The van der Waals surface area contributed by atoms with Crippen LogP contribution in [0.5, 0.6) is 0 Å². The van der Waals surface area contributed by atoms with Gasteiger partial charge in [-0.1, -0.05) is 18.2 Å². The number of allylic oxidation sites excluding steroid dienone is 1. The van der Waals surface area contributed by atoms with Gasteiger partial charge in [-0.15, -0.1) is 0 Å². The molecule has 30 heavy (non-hydrogen) atoms. The van der Waals surface area contributed by atoms with Gasteiger partial charge in [-0.3, -0.25) is 9.48 Å². The van der Waals surface area contributed by atoms with E-state index in [-0.39, 0.29) is 28.6 Å². The quantitative estimate of drug-likeness (QED) is 0.705. The van der Waals surface area contributed by atoms with Gasteiger partial charge in [-0.25, -0.2) is 17.2 Å². The number of anilines is 1. The Bertz CT molecular complexity index is 1070. The van der Waals surface area contributed by atoms with E-state index in [1.165, 1.54) is 16.8 Å². The van der Waals surface area contributed by atoms with Gasteiger partial charge in [0.2, 0.25) is 0 Å². The summed E-state index contributed by atoms with van der Waals surface area (Å²) in [6, 6.07) is 7.72. The van der Waals surface area contributed by atoms with Crippen molar-refractivity contribution in [1.82, 2.24) is 9.78 Å². The van der Waals surface area contributed by atoms with E-state index in [9.17, 15) is 22.0 Å². The summed E-state index contributed by atoms with van der Waals surface area (Å²) in [6.45, 7) is 0. The van der Waals surface area contributed by atoms with E-state index in [1.54, 1.807) is 37.5 Å². The second kappa shape index (κ2) is 7.94. The van der Waals surface area contributed by atoms with Crippen molar-refractivity contribution in [1.29, 1.82) is 0 Å². The first-order chi connectivity index (χ1) is 14.2. The molecule has 1 heterocycles. The van der Waals surface area contributed by atoms with Gasteiger partial charge in [-0.05, 0) is 49.3 Å². The molecule has 2 aliphatic rings. The molecule has 160 valence electrons. The number of aryl methyl sites for hydroxylation is 1. The lowest BCUT2D eigenvalue weighted by molar-refractivity contribution is -0.111. The highest BCUT2D eigenvalue weighted by atomic mass is 32.2. The van der Waals surface area contributed by atoms with E-state index in [1.807, 2.05) is 0 Å². The Morgan fingerprint density at radius 1 is 1.13 bits per heavy atom. The van der Waals surface area contributed by atoms with Gasteiger partial charge in [0.25, 0.3) is 5.91 Å². The van der Waals surface area contributed by atoms with Crippen molar-refractivity contribution < 1.29 is 22.0 Å². The zero-order valence-corrected chi connectivity index (χ0v) is 17.3. The van der Waals surface area contributed by atoms with E-state index in [0.717, 1.165) is 0 Å². The lowest BCUT2D eigenvalue weighted by Gasteiger charge is -2.12. The van der Waals surface area contributed by atoms with E-state index in [0.29, 0.717) is 24.2 Å². The highest BCUT2D eigenvalue weighted by molar-refractivity contribution is 7.92. The van der Waals surface area contributed by atoms with Crippen molar-refractivity contribution >= 4 is 27.1 Å². The Balaban J connectivity index is 1.63. The van der Waals surface area contributed by atoms with Gasteiger partial charge in [0.15, 0.2) is 15.7 Å². The summed E-state index contributed by atoms with van der Waals surface area (Å²) in [7, 11) is -1.63. The van der Waals surface area contributed by atoms with E-state index >= 15 is 0 Å². The third-order valence-electron chi connectivity index (χ3n) is 5.51. The van der Waals surface area contributed by atoms with Crippen molar-refractivity contribution in [3.63, 3.8) is 0 Å². The molecular weight excluding hydrogens is 412 g/mol. The molecule has 2 aliphatic carbocycles. The molecule has 1 aromatic heterocycles. The predicted molar refractivity (Wildman–Crippen MR) is 109 cm³/mol. The molecular formula is C21H23F2N3O3S. The first-order valence-corrected chi connectivity index (χ1v) is 11.4. The molecule has 1 aromatic carbocycles. The van der Waals surface area contributed by atoms with Gasteiger partial charge in [0.05, 0.1) is 10.1 Å². The average molecular weight is 435 g/mol. The maximum Gasteiger partial charge on any atom is 0.257 e. The van der Waals surface area contributed by atoms with Crippen LogP contribution in [0.25, 0.3) is 5.57 Å². The number of benzene rings is 1. The topological polar surface area (TPSA) is 81.1 Å². The maximum atomic E-state index is 13.7. The lowest BCUT2D eigenvalue weighted by Crippen LogP contribution is -2.15. The van der Waals surface area contributed by atoms with E-state index < -0.39 is 34.0 Å². The molecule has 0 radical (unpaired) electrons. The number of halogens is 2. The molecule has 0 aliphatic heterocycles. The Morgan fingerprint density at radius 2 is 1.77 bits per heavy atom. The molecule has 2 aromatic rings. The number of carbonyl (C=O) groups is 1. The Morgan fingerprint density at radius 3 is 2.30 bits per heavy atom. The summed E-state index contributed by atoms with van der Waals surface area (Å²) in [4.78, 5) is 13.2. The molecule has 1 amide bonds. The number of nitrogens with zero attached hydrogens (tertiary/aromatic N) is 2. The Kier molecular flexibility index (Phi) is 5.48. The summed E-state index contributed by atoms with van der Waals surface area (Å²) >= 11 is 0. The van der Waals surface area contributed by atoms with Crippen LogP contribution in [0.1, 0.15) is 31.2 Å². The molecule has 1 unspecified atom stereocenters. The molecule has 1 N–H and O–H groups in total. The highest BCUT2D eigenvalue weighted by Gasteiger charge is 2.37. The first kappa shape index (κ1) is 20.7. The predicted octanol–water partition coefficient (Wildman–Crippen LogP) is 3.46. The fraction of sp³-hybridized carbons (Fsp3) is 0.429. The number of sulfone groups is 1. The third-order valence-corrected chi connectivity index (χ3v) is 7.79. The van der Waals surface area contributed by atoms with Crippen molar-refractivity contribution in [3.05, 3.63) is 48.2 Å². The second-order valence-corrected chi connectivity index (χ2v) is 10.2. The monoisotopic (exact) mass is 435 g/mol. The van der Waals surface area contributed by atoms with Gasteiger partial charge in [0, 0.05) is 24.9 Å². The molecule has 0 spiro atoms. The van der Waals surface area contributed by atoms with Crippen molar-refractivity contribution in [2.75, 3.05) is 5.32 Å². The zero-order chi connectivity index (χ0) is 21.5. The molecule has 2 fully saturated rings. The molecule has 6 nitrogen and oxygen atoms in total. The van der Waals surface area contributed by atoms with Gasteiger partial charge < -0.3 is 5.32 Å². The summed E-state index contributed by atoms with van der Waals surface area (Å²) in [6.07, 6.45) is 1.51. The maximum absolute atomic E-state index is 13.7. The minimum Gasteiger partial charge on any atom is -0.305 e. The molecule has 0 bridgehead atoms. The van der Waals surface area contributed by atoms with E-state index in [4.69, 9.17) is 0 Å². The van der Waals surface area contributed by atoms with Crippen molar-refractivity contribution in [2.45, 2.75) is 48.2 Å². The fourth-order valence-electron chi connectivity index (χ4n) is 3.71. The summed E-state index contributed by atoms with van der Waals surface area (Å²) in [5.41, 5.74) is 0.721. The smallest absolute Gasteiger partial charge is 0.257 e. The van der Waals surface area contributed by atoms with Gasteiger partial charge in [0.1, 0.15) is 12.3 Å². The van der Waals surface area contributed by atoms with Crippen LogP contribution in [0.3, 0.4) is 0 Å². The summed E-state index contributed by atoms with van der Waals surface area (Å²) in [5.74, 6) is -0.543. The number of hydrogen-bond acceptors (Lipinski definition) is 4. The normalized spacial score (nSPS) is 24.8. The van der Waals surface area contributed by atoms with Crippen LogP contribution in [0, 0.1) is 5.92 Å². The number of aromatic nitrogens is 2. The molecule has 9 heteroatoms. The minimum atomic E-state index is -3.34. The van der Waals surface area contributed by atoms with Crippen LogP contribution >= 0.6 is 0 Å². The Labute approximate surface area is 173 Å². The molecule has 4 rings (SSSR count). The molecule has 3 atom stereocenters. The highest BCUT2D eigenvalue weighted by Crippen LogP contribution is 2.36. The summed E-state index contributed by atoms with van der Waals surface area (Å²) in [5, 5.41) is 6.47. The number of hydrogen-bond donors (Lipinski definition) is 1. The van der Waals surface area contributed by atoms with Crippen LogP contribution in [-0.4, -0.2) is 41.7 Å². The largest absolute Gasteiger partial charge is 0.305 e. The molecule has 2 saturated carbocycles. The van der Waals surface area contributed by atoms with Crippen LogP contribution in [0.15, 0.2) is 47.5 Å². The standard InChI is InChI=1S/C21H23F2N3O3S/c1-26-9-8-20(25-26)24-21(27)17(10-13-11-18(22)19(23)12-13)14-2-4-15(5-3-14)30(28,29)16-6-7-16/h2-5,8-10,13,16,18-19H,6-7,11-12H2,1H3,(H,24,25,27)/t13?,18-,19+. The van der Waals surface area contributed by atoms with Gasteiger partial charge >= 0.3 is 0 Å². The number of rotatable bonds is 6. The SMILES string of the molecule is Cn1ccc(NC(=O)C(=CC2C[C@@H](F)[C@@H](F)C2)c2ccc(S(=O)(=O)C3CC3)cc2)n1. The third kappa shape index (κ3) is 4.30. The number of amides is 1. The van der Waals surface area contributed by atoms with Crippen LogP contribution < -0.4 is 5.32 Å². The second-order valence-electron chi connectivity index (χ2n) is 7.94. The average Bonchev–Trinajstić information content (AvgIpc) is 3.42. The zero-order valence-electron chi connectivity index (χ0n) is 16.5. The lowest BCUT2D eigenvalue weighted by atomic mass is 9.98. The van der Waals surface area contributed by atoms with Crippen LogP contribution in [0.2, 0.25) is 0 Å². The number of carbonyl (C=O) groups excluding carboxylic acids is 1. The fourth-order valence-corrected chi connectivity index (χ4v) is 5.36. The van der Waals surface area contributed by atoms with Crippen molar-refractivity contribution in [3.8, 4) is 0 Å². The van der Waals surface area contributed by atoms with Crippen molar-refractivity contribution in [2.24, 2.45) is 13.0 Å². The number of alkyl halides is 2. The van der Waals surface area contributed by atoms with E-state index in [2.05, 4.69) is 10.4 Å². The summed E-state index contributed by atoms with van der Waals surface area (Å²) < 4.78 is 53.7. The minimum absolute atomic E-state index is 0.00960. The first-order valence-electron chi connectivity index (χ1n) is 9.89. The number of nitrogens with one attached hydrogen (secondary N) is 1. The molecule has 0 saturated heterocycles.